The van der Waals surface area contributed by atoms with Gasteiger partial charge in [0, 0.05) is 4.90 Å². The van der Waals surface area contributed by atoms with Gasteiger partial charge < -0.3 is 20.3 Å². The third-order valence-electron chi connectivity index (χ3n) is 2.72. The summed E-state index contributed by atoms with van der Waals surface area (Å²) in [5, 5.41) is 17.3. The summed E-state index contributed by atoms with van der Waals surface area (Å²) in [7, 11) is 0. The smallest absolute Gasteiger partial charge is 0.349 e. The second-order valence-corrected chi connectivity index (χ2v) is 5.22. The molecule has 0 saturated carbocycles. The van der Waals surface area contributed by atoms with E-state index in [1.165, 1.54) is 6.21 Å². The summed E-state index contributed by atoms with van der Waals surface area (Å²) < 4.78 is 9.73. The van der Waals surface area contributed by atoms with Crippen molar-refractivity contribution in [3.63, 3.8) is 0 Å². The monoisotopic (exact) mass is 351 g/mol. The number of nitrogens with two attached hydrogens (primary N) is 1. The Morgan fingerprint density at radius 1 is 1.25 bits per heavy atom. The predicted octanol–water partition coefficient (Wildman–Crippen LogP) is 2.47. The van der Waals surface area contributed by atoms with E-state index in [4.69, 9.17) is 15.2 Å². The van der Waals surface area contributed by atoms with Gasteiger partial charge in [0.1, 0.15) is 0 Å². The molecule has 0 radical (unpaired) electrons. The maximum Gasteiger partial charge on any atom is 0.349 e. The minimum atomic E-state index is -0.829. The number of ether oxygens (including phenoxy) is 2. The Kier molecular flexibility index (Phi) is 8.42. The van der Waals surface area contributed by atoms with Gasteiger partial charge in [0.2, 0.25) is 0 Å². The van der Waals surface area contributed by atoms with Crippen LogP contribution in [0.2, 0.25) is 0 Å². The zero-order valence-electron chi connectivity index (χ0n) is 13.9. The molecule has 0 unspecified atom stereocenters. The number of thioether (sulfide) groups is 1. The number of nitrogens with zero attached hydrogens (tertiary/aromatic N) is 2. The van der Waals surface area contributed by atoms with Crippen LogP contribution in [0.5, 0.6) is 0 Å². The summed E-state index contributed by atoms with van der Waals surface area (Å²) in [5.74, 6) is -1.77. The zero-order chi connectivity index (χ0) is 17.9. The van der Waals surface area contributed by atoms with Crippen LogP contribution < -0.4 is 5.73 Å². The van der Waals surface area contributed by atoms with Gasteiger partial charge in [-0.2, -0.15) is 5.10 Å². The second-order valence-electron chi connectivity index (χ2n) is 4.34. The van der Waals surface area contributed by atoms with E-state index in [2.05, 4.69) is 10.2 Å². The molecular weight excluding hydrogens is 330 g/mol. The molecule has 0 aliphatic heterocycles. The van der Waals surface area contributed by atoms with E-state index in [-0.39, 0.29) is 24.6 Å². The van der Waals surface area contributed by atoms with Gasteiger partial charge in [-0.3, -0.25) is 0 Å². The van der Waals surface area contributed by atoms with Crippen molar-refractivity contribution in [1.29, 1.82) is 0 Å². The molecule has 7 nitrogen and oxygen atoms in total. The lowest BCUT2D eigenvalue weighted by Crippen LogP contribution is -2.25. The van der Waals surface area contributed by atoms with Crippen molar-refractivity contribution in [2.75, 3.05) is 19.5 Å². The summed E-state index contributed by atoms with van der Waals surface area (Å²) in [6.07, 6.45) is 3.47. The van der Waals surface area contributed by atoms with E-state index in [0.717, 1.165) is 10.5 Å². The quantitative estimate of drug-likeness (QED) is 0.142. The third-order valence-corrected chi connectivity index (χ3v) is 3.46. The van der Waals surface area contributed by atoms with Crippen LogP contribution in [0.25, 0.3) is 0 Å². The van der Waals surface area contributed by atoms with Gasteiger partial charge in [-0.15, -0.1) is 16.9 Å². The Morgan fingerprint density at radius 3 is 2.42 bits per heavy atom. The number of amidine groups is 1. The van der Waals surface area contributed by atoms with Gasteiger partial charge in [0.15, 0.2) is 11.4 Å². The SMILES string of the molecule is CCOC(=O)C(C(N)=N/N=C\c1ccc(SC)cc1)=C(O)OCC. The molecule has 3 N–H and O–H groups in total. The molecule has 0 aliphatic carbocycles. The number of benzene rings is 1. The summed E-state index contributed by atoms with van der Waals surface area (Å²) in [6.45, 7) is 3.58. The van der Waals surface area contributed by atoms with Gasteiger partial charge in [-0.25, -0.2) is 4.79 Å². The standard InChI is InChI=1S/C16H21N3O4S/c1-4-22-15(20)13(16(21)23-5-2)14(17)19-18-10-11-6-8-12(24-3)9-7-11/h6-10,20H,4-5H2,1-3H3,(H2,17,19)/b15-13?,18-10-. The lowest BCUT2D eigenvalue weighted by molar-refractivity contribution is -0.138. The average molecular weight is 351 g/mol. The van der Waals surface area contributed by atoms with E-state index in [1.54, 1.807) is 25.6 Å². The first kappa shape index (κ1) is 19.6. The molecule has 0 atom stereocenters. The Balaban J connectivity index is 2.97. The summed E-state index contributed by atoms with van der Waals surface area (Å²) in [5.41, 5.74) is 6.19. The molecule has 1 aromatic carbocycles. The van der Waals surface area contributed by atoms with Crippen LogP contribution in [-0.2, 0) is 14.3 Å². The largest absolute Gasteiger partial charge is 0.480 e. The molecule has 1 rings (SSSR count). The van der Waals surface area contributed by atoms with Crippen molar-refractivity contribution in [1.82, 2.24) is 0 Å². The van der Waals surface area contributed by atoms with Gasteiger partial charge in [0.25, 0.3) is 5.95 Å². The van der Waals surface area contributed by atoms with Crippen LogP contribution in [-0.4, -0.2) is 42.6 Å². The fourth-order valence-corrected chi connectivity index (χ4v) is 2.02. The van der Waals surface area contributed by atoms with Gasteiger partial charge in [0.05, 0.1) is 19.4 Å². The first-order chi connectivity index (χ1) is 11.5. The van der Waals surface area contributed by atoms with Crippen LogP contribution in [0.4, 0.5) is 0 Å². The first-order valence-electron chi connectivity index (χ1n) is 7.27. The molecule has 8 heteroatoms. The second kappa shape index (κ2) is 10.3. The highest BCUT2D eigenvalue weighted by molar-refractivity contribution is 7.98. The number of hydrogen-bond donors (Lipinski definition) is 2. The number of hydrogen-bond acceptors (Lipinski definition) is 7. The van der Waals surface area contributed by atoms with E-state index >= 15 is 0 Å². The topological polar surface area (TPSA) is 107 Å². The number of esters is 1. The maximum absolute atomic E-state index is 11.9. The minimum absolute atomic E-state index is 0.125. The molecule has 0 fully saturated rings. The van der Waals surface area contributed by atoms with Gasteiger partial charge in [-0.05, 0) is 37.8 Å². The number of rotatable bonds is 8. The van der Waals surface area contributed by atoms with Crippen molar-refractivity contribution >= 4 is 29.8 Å². The van der Waals surface area contributed by atoms with Crippen molar-refractivity contribution in [2.45, 2.75) is 18.7 Å². The molecule has 1 aromatic rings. The number of carbonyl (C=O) groups excluding carboxylic acids is 1. The van der Waals surface area contributed by atoms with E-state index in [9.17, 15) is 9.90 Å². The van der Waals surface area contributed by atoms with Crippen molar-refractivity contribution in [2.24, 2.45) is 15.9 Å². The Hall–Kier alpha value is -2.48. The highest BCUT2D eigenvalue weighted by atomic mass is 32.2. The summed E-state index contributed by atoms with van der Waals surface area (Å²) in [4.78, 5) is 13.0. The van der Waals surface area contributed by atoms with E-state index in [1.807, 2.05) is 30.5 Å². The van der Waals surface area contributed by atoms with Crippen LogP contribution in [0.1, 0.15) is 19.4 Å². The molecule has 130 valence electrons. The molecule has 0 saturated heterocycles. The fraction of sp³-hybridized carbons (Fsp3) is 0.312. The highest BCUT2D eigenvalue weighted by Crippen LogP contribution is 2.14. The third kappa shape index (κ3) is 5.96. The van der Waals surface area contributed by atoms with Gasteiger partial charge >= 0.3 is 5.97 Å². The Bertz CT molecular complexity index is 639. The summed E-state index contributed by atoms with van der Waals surface area (Å²) >= 11 is 1.63. The Morgan fingerprint density at radius 2 is 1.88 bits per heavy atom. The molecule has 0 amide bonds. The van der Waals surface area contributed by atoms with E-state index < -0.39 is 11.9 Å². The zero-order valence-corrected chi connectivity index (χ0v) is 14.7. The van der Waals surface area contributed by atoms with Gasteiger partial charge in [-0.1, -0.05) is 12.1 Å². The van der Waals surface area contributed by atoms with Crippen molar-refractivity contribution in [3.05, 3.63) is 41.3 Å². The van der Waals surface area contributed by atoms with Crippen LogP contribution in [0, 0.1) is 0 Å². The number of carbonyl (C=O) groups is 1. The van der Waals surface area contributed by atoms with Crippen molar-refractivity contribution in [3.8, 4) is 0 Å². The predicted molar refractivity (Wildman–Crippen MR) is 95.4 cm³/mol. The molecular formula is C16H21N3O4S. The number of aliphatic hydroxyl groups excluding tert-OH is 1. The van der Waals surface area contributed by atoms with Crippen molar-refractivity contribution < 1.29 is 19.4 Å². The first-order valence-corrected chi connectivity index (χ1v) is 8.50. The van der Waals surface area contributed by atoms with E-state index in [0.29, 0.717) is 0 Å². The molecule has 0 spiro atoms. The minimum Gasteiger partial charge on any atom is -0.480 e. The highest BCUT2D eigenvalue weighted by Gasteiger charge is 2.22. The Labute approximate surface area is 145 Å². The molecule has 0 aromatic heterocycles. The van der Waals surface area contributed by atoms with Crippen LogP contribution >= 0.6 is 11.8 Å². The van der Waals surface area contributed by atoms with Crippen LogP contribution in [0.3, 0.4) is 0 Å². The average Bonchev–Trinajstić information content (AvgIpc) is 2.56. The normalized spacial score (nSPS) is 12.9. The fourth-order valence-electron chi connectivity index (χ4n) is 1.61. The molecule has 0 heterocycles. The number of aliphatic hydroxyl groups is 1. The lowest BCUT2D eigenvalue weighted by Gasteiger charge is -2.08. The maximum atomic E-state index is 11.9. The summed E-state index contributed by atoms with van der Waals surface area (Å²) in [6, 6.07) is 7.65. The molecule has 24 heavy (non-hydrogen) atoms. The lowest BCUT2D eigenvalue weighted by atomic mass is 10.2. The molecule has 0 aliphatic rings. The van der Waals surface area contributed by atoms with Crippen LogP contribution in [0.15, 0.2) is 50.9 Å². The molecule has 0 bridgehead atoms.